The molecule has 0 saturated heterocycles. The van der Waals surface area contributed by atoms with E-state index in [1.807, 2.05) is 0 Å². The Balaban J connectivity index is 3.41. The molecular formula is C8H5ClF4. The zero-order chi connectivity index (χ0) is 10.2. The first-order valence-electron chi connectivity index (χ1n) is 3.37. The molecule has 0 aromatic heterocycles. The minimum atomic E-state index is -2.25. The highest BCUT2D eigenvalue weighted by Gasteiger charge is 2.20. The van der Waals surface area contributed by atoms with E-state index in [1.165, 1.54) is 0 Å². The van der Waals surface area contributed by atoms with Gasteiger partial charge in [0.2, 0.25) is 5.63 Å². The normalized spacial score (nSPS) is 13.1. The Morgan fingerprint density at radius 1 is 1.23 bits per heavy atom. The predicted octanol–water partition coefficient (Wildman–Crippen LogP) is 3.62. The van der Waals surface area contributed by atoms with Gasteiger partial charge < -0.3 is 0 Å². The van der Waals surface area contributed by atoms with Crippen molar-refractivity contribution in [1.82, 2.24) is 0 Å². The van der Waals surface area contributed by atoms with Crippen LogP contribution in [0.4, 0.5) is 17.6 Å². The van der Waals surface area contributed by atoms with Crippen LogP contribution in [0.3, 0.4) is 0 Å². The quantitative estimate of drug-likeness (QED) is 0.379. The van der Waals surface area contributed by atoms with Crippen molar-refractivity contribution in [2.45, 2.75) is 12.6 Å². The zero-order valence-electron chi connectivity index (χ0n) is 6.54. The molecule has 1 aromatic carbocycles. The molecule has 0 nitrogen and oxygen atoms in total. The maximum Gasteiger partial charge on any atom is 0.201 e. The van der Waals surface area contributed by atoms with Gasteiger partial charge in [-0.15, -0.1) is 0 Å². The molecule has 0 heterocycles. The van der Waals surface area contributed by atoms with Crippen molar-refractivity contribution in [2.24, 2.45) is 0 Å². The third-order valence-corrected chi connectivity index (χ3v) is 1.89. The summed E-state index contributed by atoms with van der Waals surface area (Å²) in [6.07, 6.45) is 0. The van der Waals surface area contributed by atoms with Gasteiger partial charge in [-0.2, -0.15) is 0 Å². The van der Waals surface area contributed by atoms with Crippen LogP contribution >= 0.6 is 11.6 Å². The predicted molar refractivity (Wildman–Crippen MR) is 40.8 cm³/mol. The van der Waals surface area contributed by atoms with E-state index >= 15 is 0 Å². The molecule has 0 bridgehead atoms. The van der Waals surface area contributed by atoms with E-state index in [2.05, 4.69) is 0 Å². The van der Waals surface area contributed by atoms with Crippen LogP contribution in [-0.4, -0.2) is 0 Å². The summed E-state index contributed by atoms with van der Waals surface area (Å²) < 4.78 is 50.7. The molecule has 13 heavy (non-hydrogen) atoms. The lowest BCUT2D eigenvalue weighted by atomic mass is 10.1. The second-order valence-electron chi connectivity index (χ2n) is 2.50. The van der Waals surface area contributed by atoms with Crippen molar-refractivity contribution in [2.75, 3.05) is 0 Å². The van der Waals surface area contributed by atoms with Crippen LogP contribution in [0.25, 0.3) is 0 Å². The molecule has 0 saturated carbocycles. The van der Waals surface area contributed by atoms with Crippen molar-refractivity contribution in [1.29, 1.82) is 0 Å². The average molecular weight is 213 g/mol. The summed E-state index contributed by atoms with van der Waals surface area (Å²) in [6, 6.07) is 0.547. The Morgan fingerprint density at radius 3 is 2.23 bits per heavy atom. The van der Waals surface area contributed by atoms with E-state index in [9.17, 15) is 17.6 Å². The van der Waals surface area contributed by atoms with E-state index in [1.54, 1.807) is 0 Å². The van der Waals surface area contributed by atoms with Crippen molar-refractivity contribution < 1.29 is 17.6 Å². The van der Waals surface area contributed by atoms with E-state index in [4.69, 9.17) is 11.6 Å². The molecule has 72 valence electrons. The van der Waals surface area contributed by atoms with E-state index in [0.29, 0.717) is 6.07 Å². The van der Waals surface area contributed by atoms with Gasteiger partial charge >= 0.3 is 0 Å². The van der Waals surface area contributed by atoms with Crippen LogP contribution in [0.15, 0.2) is 6.07 Å². The monoisotopic (exact) mass is 212 g/mol. The molecule has 1 unspecified atom stereocenters. The van der Waals surface area contributed by atoms with Gasteiger partial charge in [-0.3, -0.25) is 0 Å². The number of hydrogen-bond donors (Lipinski definition) is 0. The van der Waals surface area contributed by atoms with Crippen molar-refractivity contribution in [3.8, 4) is 0 Å². The number of rotatable bonds is 1. The number of benzene rings is 1. The standard InChI is InChI=1S/C8H5ClF4/c1-3-5(10)2-4(8(9)13)7(12)6(3)11/h2,8H,1H3. The molecular weight excluding hydrogens is 208 g/mol. The molecule has 0 aliphatic carbocycles. The van der Waals surface area contributed by atoms with E-state index in [-0.39, 0.29) is 0 Å². The van der Waals surface area contributed by atoms with Crippen molar-refractivity contribution >= 4 is 11.6 Å². The summed E-state index contributed by atoms with van der Waals surface area (Å²) in [4.78, 5) is 0. The highest BCUT2D eigenvalue weighted by atomic mass is 35.5. The summed E-state index contributed by atoms with van der Waals surface area (Å²) >= 11 is 4.86. The summed E-state index contributed by atoms with van der Waals surface area (Å²) in [5.41, 5.74) is -3.55. The molecule has 1 atom stereocenters. The Kier molecular flexibility index (Phi) is 2.81. The average Bonchev–Trinajstić information content (AvgIpc) is 2.07. The molecule has 0 N–H and O–H groups in total. The molecule has 1 aromatic rings. The second-order valence-corrected chi connectivity index (χ2v) is 2.88. The van der Waals surface area contributed by atoms with Gasteiger partial charge in [0.15, 0.2) is 11.6 Å². The summed E-state index contributed by atoms with van der Waals surface area (Å²) in [5, 5.41) is 0. The molecule has 0 aliphatic heterocycles. The number of halogens is 5. The van der Waals surface area contributed by atoms with Crippen LogP contribution in [0.5, 0.6) is 0 Å². The maximum atomic E-state index is 12.8. The second kappa shape index (κ2) is 3.54. The van der Waals surface area contributed by atoms with Crippen LogP contribution in [0.2, 0.25) is 0 Å². The lowest BCUT2D eigenvalue weighted by Crippen LogP contribution is -2.00. The highest BCUT2D eigenvalue weighted by molar-refractivity contribution is 6.19. The molecule has 1 rings (SSSR count). The fourth-order valence-corrected chi connectivity index (χ4v) is 1.02. The first-order valence-corrected chi connectivity index (χ1v) is 3.81. The van der Waals surface area contributed by atoms with Crippen LogP contribution < -0.4 is 0 Å². The molecule has 0 fully saturated rings. The molecule has 0 radical (unpaired) electrons. The van der Waals surface area contributed by atoms with Crippen molar-refractivity contribution in [3.05, 3.63) is 34.6 Å². The largest absolute Gasteiger partial charge is 0.225 e. The van der Waals surface area contributed by atoms with Gasteiger partial charge in [0, 0.05) is 11.1 Å². The van der Waals surface area contributed by atoms with Gasteiger partial charge in [-0.05, 0) is 13.0 Å². The van der Waals surface area contributed by atoms with Crippen LogP contribution in [0.1, 0.15) is 16.8 Å². The fraction of sp³-hybridized carbons (Fsp3) is 0.250. The summed E-state index contributed by atoms with van der Waals surface area (Å²) in [7, 11) is 0. The number of alkyl halides is 2. The molecule has 0 aliphatic rings. The summed E-state index contributed by atoms with van der Waals surface area (Å²) in [5.74, 6) is -3.86. The Bertz CT molecular complexity index is 335. The lowest BCUT2D eigenvalue weighted by molar-refractivity contribution is 0.415. The van der Waals surface area contributed by atoms with Gasteiger partial charge in [-0.25, -0.2) is 17.6 Å². The third-order valence-electron chi connectivity index (χ3n) is 1.65. The van der Waals surface area contributed by atoms with Crippen molar-refractivity contribution in [3.63, 3.8) is 0 Å². The van der Waals surface area contributed by atoms with Gasteiger partial charge in [0.25, 0.3) is 0 Å². The fourth-order valence-electron chi connectivity index (χ4n) is 0.863. The third kappa shape index (κ3) is 1.77. The Labute approximate surface area is 77.1 Å². The van der Waals surface area contributed by atoms with E-state index < -0.39 is 34.2 Å². The molecule has 0 spiro atoms. The molecule has 5 heteroatoms. The first kappa shape index (κ1) is 10.3. The highest BCUT2D eigenvalue weighted by Crippen LogP contribution is 2.28. The zero-order valence-corrected chi connectivity index (χ0v) is 7.30. The van der Waals surface area contributed by atoms with Crippen LogP contribution in [0, 0.1) is 24.4 Å². The first-order chi connectivity index (χ1) is 5.95. The Hall–Kier alpha value is -0.770. The minimum absolute atomic E-state index is 0.487. The van der Waals surface area contributed by atoms with Gasteiger partial charge in [0.05, 0.1) is 0 Å². The lowest BCUT2D eigenvalue weighted by Gasteiger charge is -2.06. The number of hydrogen-bond acceptors (Lipinski definition) is 0. The molecule has 0 amide bonds. The van der Waals surface area contributed by atoms with E-state index in [0.717, 1.165) is 6.92 Å². The van der Waals surface area contributed by atoms with Gasteiger partial charge in [-0.1, -0.05) is 11.6 Å². The SMILES string of the molecule is Cc1c(F)cc(C(F)Cl)c(F)c1F. The Morgan fingerprint density at radius 2 is 1.77 bits per heavy atom. The smallest absolute Gasteiger partial charge is 0.201 e. The summed E-state index contributed by atoms with van der Waals surface area (Å²) in [6.45, 7) is 1.05. The van der Waals surface area contributed by atoms with Gasteiger partial charge in [0.1, 0.15) is 5.82 Å². The maximum absolute atomic E-state index is 12.8. The minimum Gasteiger partial charge on any atom is -0.225 e. The van der Waals surface area contributed by atoms with Crippen LogP contribution in [-0.2, 0) is 0 Å². The topological polar surface area (TPSA) is 0 Å².